The van der Waals surface area contributed by atoms with Crippen molar-refractivity contribution < 1.29 is 13.9 Å². The Hall–Kier alpha value is -3.03. The van der Waals surface area contributed by atoms with Crippen molar-refractivity contribution in [2.75, 3.05) is 0 Å². The van der Waals surface area contributed by atoms with E-state index in [9.17, 15) is 9.18 Å². The van der Waals surface area contributed by atoms with Crippen molar-refractivity contribution in [1.29, 1.82) is 0 Å². The number of benzene rings is 1. The number of nitrogens with zero attached hydrogens (tertiary/aromatic N) is 5. The monoisotopic (exact) mass is 343 g/mol. The van der Waals surface area contributed by atoms with Gasteiger partial charge in [-0.05, 0) is 32.9 Å². The zero-order chi connectivity index (χ0) is 18.0. The largest absolute Gasteiger partial charge is 0.454 e. The molecule has 0 radical (unpaired) electrons. The fraction of sp³-hybridized carbons (Fsp3) is 0.294. The molecule has 0 spiro atoms. The fourth-order valence-electron chi connectivity index (χ4n) is 2.47. The second kappa shape index (κ2) is 6.84. The molecule has 3 aromatic rings. The first-order valence-corrected chi connectivity index (χ1v) is 7.86. The second-order valence-electron chi connectivity index (χ2n) is 5.86. The minimum Gasteiger partial charge on any atom is -0.454 e. The second-order valence-corrected chi connectivity index (χ2v) is 5.86. The van der Waals surface area contributed by atoms with Crippen LogP contribution in [0.1, 0.15) is 48.8 Å². The van der Waals surface area contributed by atoms with Crippen molar-refractivity contribution in [2.45, 2.75) is 32.9 Å². The summed E-state index contributed by atoms with van der Waals surface area (Å²) in [4.78, 5) is 16.2. The number of hydrogen-bond acceptors (Lipinski definition) is 5. The maximum atomic E-state index is 14.4. The van der Waals surface area contributed by atoms with Crippen molar-refractivity contribution >= 4 is 5.97 Å². The van der Waals surface area contributed by atoms with Crippen LogP contribution in [-0.4, -0.2) is 30.5 Å². The van der Waals surface area contributed by atoms with E-state index in [1.165, 1.54) is 29.6 Å². The molecule has 0 bridgehead atoms. The summed E-state index contributed by atoms with van der Waals surface area (Å²) in [6.07, 6.45) is 5.05. The van der Waals surface area contributed by atoms with Gasteiger partial charge in [0.2, 0.25) is 0 Å². The number of carbonyl (C=O) groups excluding carboxylic acids is 1. The molecule has 130 valence electrons. The molecule has 8 heteroatoms. The van der Waals surface area contributed by atoms with Gasteiger partial charge in [-0.15, -0.1) is 0 Å². The lowest BCUT2D eigenvalue weighted by Crippen LogP contribution is -2.13. The zero-order valence-corrected chi connectivity index (χ0v) is 14.1. The van der Waals surface area contributed by atoms with E-state index in [-0.39, 0.29) is 11.6 Å². The van der Waals surface area contributed by atoms with Crippen LogP contribution in [0.5, 0.6) is 0 Å². The first-order valence-electron chi connectivity index (χ1n) is 7.86. The van der Waals surface area contributed by atoms with E-state index in [0.717, 1.165) is 0 Å². The Balaban J connectivity index is 1.86. The lowest BCUT2D eigenvalue weighted by Gasteiger charge is -2.17. The van der Waals surface area contributed by atoms with E-state index in [4.69, 9.17) is 4.74 Å². The van der Waals surface area contributed by atoms with Crippen molar-refractivity contribution in [3.05, 3.63) is 60.2 Å². The van der Waals surface area contributed by atoms with Crippen LogP contribution in [0.2, 0.25) is 0 Å². The Morgan fingerprint density at radius 1 is 1.24 bits per heavy atom. The van der Waals surface area contributed by atoms with Crippen LogP contribution in [0.15, 0.2) is 43.2 Å². The Morgan fingerprint density at radius 3 is 2.68 bits per heavy atom. The number of rotatable bonds is 5. The zero-order valence-electron chi connectivity index (χ0n) is 14.1. The summed E-state index contributed by atoms with van der Waals surface area (Å²) in [6.45, 7) is 5.52. The third-order valence-electron chi connectivity index (χ3n) is 3.75. The van der Waals surface area contributed by atoms with Crippen molar-refractivity contribution in [2.24, 2.45) is 0 Å². The maximum absolute atomic E-state index is 14.4. The van der Waals surface area contributed by atoms with Crippen LogP contribution in [0.4, 0.5) is 4.39 Å². The van der Waals surface area contributed by atoms with Crippen LogP contribution in [0.3, 0.4) is 0 Å². The number of ether oxygens (including phenoxy) is 1. The number of hydrogen-bond donors (Lipinski definition) is 0. The number of halogens is 1. The van der Waals surface area contributed by atoms with Gasteiger partial charge in [0.05, 0.1) is 23.0 Å². The summed E-state index contributed by atoms with van der Waals surface area (Å²) in [7, 11) is 0. The summed E-state index contributed by atoms with van der Waals surface area (Å²) in [5.74, 6) is -1.04. The molecule has 0 fully saturated rings. The normalized spacial score (nSPS) is 12.4. The van der Waals surface area contributed by atoms with E-state index >= 15 is 0 Å². The van der Waals surface area contributed by atoms with E-state index in [0.29, 0.717) is 11.3 Å². The van der Waals surface area contributed by atoms with E-state index in [1.54, 1.807) is 29.9 Å². The van der Waals surface area contributed by atoms with Gasteiger partial charge in [0.15, 0.2) is 0 Å². The predicted molar refractivity (Wildman–Crippen MR) is 87.8 cm³/mol. The van der Waals surface area contributed by atoms with Crippen molar-refractivity contribution in [3.63, 3.8) is 0 Å². The van der Waals surface area contributed by atoms with Crippen molar-refractivity contribution in [1.82, 2.24) is 24.5 Å². The maximum Gasteiger partial charge on any atom is 0.341 e. The van der Waals surface area contributed by atoms with Gasteiger partial charge >= 0.3 is 5.97 Å². The van der Waals surface area contributed by atoms with Gasteiger partial charge in [0.1, 0.15) is 24.6 Å². The quantitative estimate of drug-likeness (QED) is 0.666. The van der Waals surface area contributed by atoms with Crippen LogP contribution in [-0.2, 0) is 4.74 Å². The highest BCUT2D eigenvalue weighted by atomic mass is 19.1. The molecule has 0 aliphatic rings. The highest BCUT2D eigenvalue weighted by Crippen LogP contribution is 2.27. The molecule has 3 rings (SSSR count). The molecule has 0 N–H and O–H groups in total. The Kier molecular flexibility index (Phi) is 4.60. The molecule has 0 aliphatic carbocycles. The highest BCUT2D eigenvalue weighted by molar-refractivity contribution is 5.89. The molecule has 2 aromatic heterocycles. The molecular formula is C17H18FN5O2. The third kappa shape index (κ3) is 3.42. The number of carbonyl (C=O) groups is 1. The highest BCUT2D eigenvalue weighted by Gasteiger charge is 2.22. The molecule has 2 heterocycles. The number of aromatic nitrogens is 5. The molecule has 0 saturated heterocycles. The molecule has 1 unspecified atom stereocenters. The summed E-state index contributed by atoms with van der Waals surface area (Å²) < 4.78 is 22.9. The summed E-state index contributed by atoms with van der Waals surface area (Å²) >= 11 is 0. The first kappa shape index (κ1) is 16.8. The van der Waals surface area contributed by atoms with Gasteiger partial charge in [0.25, 0.3) is 0 Å². The van der Waals surface area contributed by atoms with Crippen LogP contribution in [0.25, 0.3) is 5.69 Å². The summed E-state index contributed by atoms with van der Waals surface area (Å²) in [6, 6.07) is 4.70. The predicted octanol–water partition coefficient (Wildman–Crippen LogP) is 3.10. The molecule has 0 amide bonds. The average Bonchev–Trinajstić information content (AvgIpc) is 3.26. The van der Waals surface area contributed by atoms with Gasteiger partial charge in [-0.2, -0.15) is 10.2 Å². The summed E-state index contributed by atoms with van der Waals surface area (Å²) in [5, 5.41) is 8.13. The topological polar surface area (TPSA) is 74.8 Å². The Labute approximate surface area is 144 Å². The molecule has 25 heavy (non-hydrogen) atoms. The Bertz CT molecular complexity index is 873. The molecule has 7 nitrogen and oxygen atoms in total. The Morgan fingerprint density at radius 2 is 2.04 bits per heavy atom. The molecular weight excluding hydrogens is 325 g/mol. The smallest absolute Gasteiger partial charge is 0.341 e. The van der Waals surface area contributed by atoms with Gasteiger partial charge in [-0.25, -0.2) is 18.9 Å². The molecule has 1 atom stereocenters. The van der Waals surface area contributed by atoms with Crippen LogP contribution < -0.4 is 0 Å². The molecule has 0 saturated carbocycles. The minimum atomic E-state index is -0.810. The average molecular weight is 343 g/mol. The lowest BCUT2D eigenvalue weighted by atomic mass is 10.1. The van der Waals surface area contributed by atoms with Crippen LogP contribution >= 0.6 is 0 Å². The molecule has 0 aliphatic heterocycles. The van der Waals surface area contributed by atoms with E-state index in [2.05, 4.69) is 15.2 Å². The van der Waals surface area contributed by atoms with Gasteiger partial charge < -0.3 is 4.74 Å². The van der Waals surface area contributed by atoms with Gasteiger partial charge in [-0.3, -0.25) is 4.68 Å². The fourth-order valence-corrected chi connectivity index (χ4v) is 2.47. The van der Waals surface area contributed by atoms with E-state index < -0.39 is 17.9 Å². The first-order chi connectivity index (χ1) is 12.0. The van der Waals surface area contributed by atoms with Gasteiger partial charge in [-0.1, -0.05) is 6.07 Å². The van der Waals surface area contributed by atoms with Crippen LogP contribution in [0, 0.1) is 5.82 Å². The molecule has 1 aromatic carbocycles. The van der Waals surface area contributed by atoms with Gasteiger partial charge in [0, 0.05) is 12.2 Å². The van der Waals surface area contributed by atoms with Crippen molar-refractivity contribution in [3.8, 4) is 5.69 Å². The minimum absolute atomic E-state index is 0.129. The SMILES string of the molecule is CC(OC(=O)c1cnn(C(C)C)c1)c1c(F)cccc1-n1cncn1. The standard InChI is InChI=1S/C17H18FN5O2/c1-11(2)22-8-13(7-20-22)17(24)25-12(3)16-14(18)5-4-6-15(16)23-10-19-9-21-23/h4-12H,1-3H3. The third-order valence-corrected chi connectivity index (χ3v) is 3.75. The lowest BCUT2D eigenvalue weighted by molar-refractivity contribution is 0.0331. The summed E-state index contributed by atoms with van der Waals surface area (Å²) in [5.41, 5.74) is 1.02. The van der Waals surface area contributed by atoms with E-state index in [1.807, 2.05) is 13.8 Å². The number of esters is 1.